The second-order valence-corrected chi connectivity index (χ2v) is 6.52. The fourth-order valence-corrected chi connectivity index (χ4v) is 3.21. The number of aliphatic imine (C=N–C) groups is 1. The summed E-state index contributed by atoms with van der Waals surface area (Å²) in [6.07, 6.45) is -3.05. The molecule has 0 bridgehead atoms. The Kier molecular flexibility index (Phi) is 10.5. The SMILES string of the molecule is CCOCCNC(=NC)NCC1(c2cccc(C(F)(F)F)c2)CCOCC1.I. The van der Waals surface area contributed by atoms with E-state index in [0.29, 0.717) is 63.9 Å². The van der Waals surface area contributed by atoms with Gasteiger partial charge in [-0.15, -0.1) is 24.0 Å². The highest BCUT2D eigenvalue weighted by Crippen LogP contribution is 2.37. The summed E-state index contributed by atoms with van der Waals surface area (Å²) in [7, 11) is 1.66. The maximum atomic E-state index is 13.1. The Bertz CT molecular complexity index is 621. The number of hydrogen-bond acceptors (Lipinski definition) is 3. The van der Waals surface area contributed by atoms with Crippen LogP contribution >= 0.6 is 24.0 Å². The second kappa shape index (κ2) is 11.8. The first-order valence-corrected chi connectivity index (χ1v) is 9.19. The van der Waals surface area contributed by atoms with Crippen LogP contribution in [0.5, 0.6) is 0 Å². The van der Waals surface area contributed by atoms with Crippen molar-refractivity contribution in [2.45, 2.75) is 31.4 Å². The van der Waals surface area contributed by atoms with Crippen LogP contribution in [0, 0.1) is 0 Å². The highest BCUT2D eigenvalue weighted by atomic mass is 127. The Morgan fingerprint density at radius 1 is 1.25 bits per heavy atom. The van der Waals surface area contributed by atoms with Crippen molar-refractivity contribution in [3.8, 4) is 0 Å². The first-order valence-electron chi connectivity index (χ1n) is 9.19. The maximum Gasteiger partial charge on any atom is 0.416 e. The van der Waals surface area contributed by atoms with E-state index in [0.717, 1.165) is 6.07 Å². The van der Waals surface area contributed by atoms with Gasteiger partial charge >= 0.3 is 6.18 Å². The third-order valence-corrected chi connectivity index (χ3v) is 4.81. The number of halogens is 4. The number of nitrogens with zero attached hydrogens (tertiary/aromatic N) is 1. The molecule has 1 aliphatic heterocycles. The monoisotopic (exact) mass is 515 g/mol. The van der Waals surface area contributed by atoms with Crippen LogP contribution in [0.1, 0.15) is 30.9 Å². The first kappa shape index (κ1) is 25.0. The van der Waals surface area contributed by atoms with E-state index in [1.807, 2.05) is 6.92 Å². The van der Waals surface area contributed by atoms with E-state index in [4.69, 9.17) is 9.47 Å². The van der Waals surface area contributed by atoms with E-state index in [9.17, 15) is 13.2 Å². The number of guanidine groups is 1. The fourth-order valence-electron chi connectivity index (χ4n) is 3.21. The van der Waals surface area contributed by atoms with E-state index in [2.05, 4.69) is 15.6 Å². The molecule has 1 aliphatic rings. The van der Waals surface area contributed by atoms with E-state index in [1.54, 1.807) is 13.1 Å². The summed E-state index contributed by atoms with van der Waals surface area (Å²) in [5.74, 6) is 0.604. The summed E-state index contributed by atoms with van der Waals surface area (Å²) in [6, 6.07) is 5.62. The van der Waals surface area contributed by atoms with Gasteiger partial charge in [-0.1, -0.05) is 18.2 Å². The summed E-state index contributed by atoms with van der Waals surface area (Å²) in [4.78, 5) is 4.18. The Labute approximate surface area is 181 Å². The molecule has 160 valence electrons. The van der Waals surface area contributed by atoms with Gasteiger partial charge in [0.05, 0.1) is 12.2 Å². The molecule has 0 atom stereocenters. The van der Waals surface area contributed by atoms with Crippen molar-refractivity contribution in [2.75, 3.05) is 46.6 Å². The van der Waals surface area contributed by atoms with Gasteiger partial charge in [-0.25, -0.2) is 0 Å². The molecule has 9 heteroatoms. The van der Waals surface area contributed by atoms with Gasteiger partial charge in [0.1, 0.15) is 0 Å². The molecular formula is C19H29F3IN3O2. The van der Waals surface area contributed by atoms with Crippen molar-refractivity contribution >= 4 is 29.9 Å². The average Bonchev–Trinajstić information content (AvgIpc) is 2.67. The minimum absolute atomic E-state index is 0. The Morgan fingerprint density at radius 3 is 2.57 bits per heavy atom. The highest BCUT2D eigenvalue weighted by molar-refractivity contribution is 14.0. The minimum Gasteiger partial charge on any atom is -0.381 e. The first-order chi connectivity index (χ1) is 12.9. The lowest BCUT2D eigenvalue weighted by molar-refractivity contribution is -0.137. The summed E-state index contributed by atoms with van der Waals surface area (Å²) in [5, 5.41) is 6.41. The van der Waals surface area contributed by atoms with Crippen LogP contribution < -0.4 is 10.6 Å². The molecule has 0 spiro atoms. The second-order valence-electron chi connectivity index (χ2n) is 6.52. The third kappa shape index (κ3) is 7.07. The molecule has 5 nitrogen and oxygen atoms in total. The number of alkyl halides is 3. The Morgan fingerprint density at radius 2 is 1.96 bits per heavy atom. The van der Waals surface area contributed by atoms with Gasteiger partial charge < -0.3 is 20.1 Å². The molecule has 0 amide bonds. The van der Waals surface area contributed by atoms with Gasteiger partial charge in [-0.05, 0) is 31.4 Å². The lowest BCUT2D eigenvalue weighted by Crippen LogP contribution is -2.48. The lowest BCUT2D eigenvalue weighted by atomic mass is 9.73. The zero-order valence-corrected chi connectivity index (χ0v) is 18.6. The minimum atomic E-state index is -4.35. The van der Waals surface area contributed by atoms with Gasteiger partial charge in [0.2, 0.25) is 0 Å². The normalized spacial score (nSPS) is 17.0. The number of benzene rings is 1. The molecule has 0 radical (unpaired) electrons. The van der Waals surface area contributed by atoms with Crippen molar-refractivity contribution in [2.24, 2.45) is 4.99 Å². The van der Waals surface area contributed by atoms with Crippen LogP contribution in [-0.4, -0.2) is 52.5 Å². The van der Waals surface area contributed by atoms with Gasteiger partial charge in [-0.3, -0.25) is 4.99 Å². The summed E-state index contributed by atoms with van der Waals surface area (Å²) in [5.41, 5.74) is -0.375. The highest BCUT2D eigenvalue weighted by Gasteiger charge is 2.37. The zero-order chi connectivity index (χ0) is 19.8. The molecule has 28 heavy (non-hydrogen) atoms. The van der Waals surface area contributed by atoms with E-state index in [1.165, 1.54) is 12.1 Å². The number of ether oxygens (including phenoxy) is 2. The molecule has 1 saturated heterocycles. The van der Waals surface area contributed by atoms with E-state index >= 15 is 0 Å². The van der Waals surface area contributed by atoms with Crippen molar-refractivity contribution in [3.63, 3.8) is 0 Å². The average molecular weight is 515 g/mol. The van der Waals surface area contributed by atoms with Crippen LogP contribution in [0.15, 0.2) is 29.3 Å². The molecule has 1 heterocycles. The van der Waals surface area contributed by atoms with Crippen molar-refractivity contribution in [3.05, 3.63) is 35.4 Å². The smallest absolute Gasteiger partial charge is 0.381 e. The number of nitrogens with one attached hydrogen (secondary N) is 2. The van der Waals surface area contributed by atoms with Gasteiger partial charge in [0, 0.05) is 45.4 Å². The fraction of sp³-hybridized carbons (Fsp3) is 0.632. The van der Waals surface area contributed by atoms with Crippen molar-refractivity contribution < 1.29 is 22.6 Å². The number of rotatable bonds is 7. The molecule has 0 unspecified atom stereocenters. The molecule has 1 aromatic rings. The Hall–Kier alpha value is -1.07. The molecule has 0 aliphatic carbocycles. The standard InChI is InChI=1S/C19H28F3N3O2.HI/c1-3-26-12-9-24-17(23-2)25-14-18(7-10-27-11-8-18)15-5-4-6-16(13-15)19(20,21)22;/h4-6,13H,3,7-12,14H2,1-2H3,(H2,23,24,25);1H. The summed E-state index contributed by atoms with van der Waals surface area (Å²) < 4.78 is 50.2. The van der Waals surface area contributed by atoms with Crippen LogP contribution in [-0.2, 0) is 21.1 Å². The molecule has 0 aromatic heterocycles. The topological polar surface area (TPSA) is 54.9 Å². The summed E-state index contributed by atoms with van der Waals surface area (Å²) in [6.45, 7) is 5.26. The van der Waals surface area contributed by atoms with Gasteiger partial charge in [0.15, 0.2) is 5.96 Å². The largest absolute Gasteiger partial charge is 0.416 e. The van der Waals surface area contributed by atoms with Gasteiger partial charge in [-0.2, -0.15) is 13.2 Å². The zero-order valence-electron chi connectivity index (χ0n) is 16.3. The van der Waals surface area contributed by atoms with Crippen LogP contribution in [0.3, 0.4) is 0 Å². The lowest BCUT2D eigenvalue weighted by Gasteiger charge is -2.38. The van der Waals surface area contributed by atoms with E-state index < -0.39 is 17.2 Å². The predicted octanol–water partition coefficient (Wildman–Crippen LogP) is 3.57. The van der Waals surface area contributed by atoms with Crippen molar-refractivity contribution in [1.82, 2.24) is 10.6 Å². The molecule has 2 N–H and O–H groups in total. The van der Waals surface area contributed by atoms with Gasteiger partial charge in [0.25, 0.3) is 0 Å². The molecule has 0 saturated carbocycles. The van der Waals surface area contributed by atoms with Crippen molar-refractivity contribution in [1.29, 1.82) is 0 Å². The summed E-state index contributed by atoms with van der Waals surface area (Å²) >= 11 is 0. The molecule has 1 fully saturated rings. The quantitative estimate of drug-likeness (QED) is 0.253. The molecule has 1 aromatic carbocycles. The number of hydrogen-bond donors (Lipinski definition) is 2. The van der Waals surface area contributed by atoms with Crippen LogP contribution in [0.2, 0.25) is 0 Å². The van der Waals surface area contributed by atoms with Crippen LogP contribution in [0.25, 0.3) is 0 Å². The molecular weight excluding hydrogens is 486 g/mol. The molecule has 2 rings (SSSR count). The third-order valence-electron chi connectivity index (χ3n) is 4.81. The maximum absolute atomic E-state index is 13.1. The Balaban J connectivity index is 0.00000392. The van der Waals surface area contributed by atoms with Crippen LogP contribution in [0.4, 0.5) is 13.2 Å². The predicted molar refractivity (Wildman–Crippen MR) is 114 cm³/mol. The van der Waals surface area contributed by atoms with E-state index in [-0.39, 0.29) is 24.0 Å².